The van der Waals surface area contributed by atoms with Gasteiger partial charge in [0.25, 0.3) is 0 Å². The van der Waals surface area contributed by atoms with Crippen LogP contribution in [0.1, 0.15) is 18.0 Å². The topological polar surface area (TPSA) is 52.6 Å². The van der Waals surface area contributed by atoms with Gasteiger partial charge in [-0.05, 0) is 36.2 Å². The zero-order valence-corrected chi connectivity index (χ0v) is 12.7. The standard InChI is InChI=1S/C18H19FN2O2/c19-14-6-8-15(9-7-14)20-18(23)17(13-4-2-1-3-5-13)21-11-10-16(22)12-21/h1-9,16-17,22H,10-12H2,(H,20,23)/t16-,17-/m1/s1. The van der Waals surface area contributed by atoms with Gasteiger partial charge in [0.2, 0.25) is 5.91 Å². The third-order valence-corrected chi connectivity index (χ3v) is 4.04. The number of benzene rings is 2. The number of nitrogens with zero attached hydrogens (tertiary/aromatic N) is 1. The van der Waals surface area contributed by atoms with Crippen LogP contribution in [0.25, 0.3) is 0 Å². The largest absolute Gasteiger partial charge is 0.392 e. The van der Waals surface area contributed by atoms with Gasteiger partial charge in [-0.1, -0.05) is 30.3 Å². The van der Waals surface area contributed by atoms with E-state index in [1.54, 1.807) is 0 Å². The van der Waals surface area contributed by atoms with Crippen molar-refractivity contribution in [3.63, 3.8) is 0 Å². The minimum Gasteiger partial charge on any atom is -0.392 e. The van der Waals surface area contributed by atoms with E-state index in [1.807, 2.05) is 35.2 Å². The quantitative estimate of drug-likeness (QED) is 0.912. The maximum absolute atomic E-state index is 13.0. The summed E-state index contributed by atoms with van der Waals surface area (Å²) in [5.41, 5.74) is 1.43. The Hall–Kier alpha value is -2.24. The smallest absolute Gasteiger partial charge is 0.246 e. The lowest BCUT2D eigenvalue weighted by atomic mass is 10.0. The molecule has 0 spiro atoms. The third kappa shape index (κ3) is 3.75. The Morgan fingerprint density at radius 1 is 1.17 bits per heavy atom. The number of amides is 1. The van der Waals surface area contributed by atoms with Gasteiger partial charge in [-0.3, -0.25) is 9.69 Å². The summed E-state index contributed by atoms with van der Waals surface area (Å²) >= 11 is 0. The molecule has 0 aliphatic carbocycles. The molecule has 2 aromatic carbocycles. The van der Waals surface area contributed by atoms with Crippen molar-refractivity contribution in [3.8, 4) is 0 Å². The lowest BCUT2D eigenvalue weighted by Crippen LogP contribution is -2.36. The van der Waals surface area contributed by atoms with E-state index in [2.05, 4.69) is 5.32 Å². The van der Waals surface area contributed by atoms with E-state index in [9.17, 15) is 14.3 Å². The maximum Gasteiger partial charge on any atom is 0.246 e. The van der Waals surface area contributed by atoms with Crippen LogP contribution in [0.2, 0.25) is 0 Å². The molecule has 0 aromatic heterocycles. The number of carbonyl (C=O) groups is 1. The SMILES string of the molecule is O=C(Nc1ccc(F)cc1)[C@@H](c1ccccc1)N1CC[C@@H](O)C1. The van der Waals surface area contributed by atoms with Crippen LogP contribution in [0.4, 0.5) is 10.1 Å². The summed E-state index contributed by atoms with van der Waals surface area (Å²) in [6, 6.07) is 14.7. The molecule has 0 unspecified atom stereocenters. The molecular weight excluding hydrogens is 295 g/mol. The minimum atomic E-state index is -0.474. The van der Waals surface area contributed by atoms with Crippen LogP contribution in [0.5, 0.6) is 0 Å². The molecule has 2 aromatic rings. The lowest BCUT2D eigenvalue weighted by Gasteiger charge is -2.27. The summed E-state index contributed by atoms with van der Waals surface area (Å²) in [4.78, 5) is 14.7. The number of halogens is 1. The fourth-order valence-electron chi connectivity index (χ4n) is 2.91. The molecule has 1 aliphatic heterocycles. The number of aliphatic hydroxyl groups is 1. The van der Waals surface area contributed by atoms with Crippen LogP contribution in [-0.4, -0.2) is 35.1 Å². The molecule has 1 saturated heterocycles. The minimum absolute atomic E-state index is 0.183. The number of rotatable bonds is 4. The van der Waals surface area contributed by atoms with Crippen molar-refractivity contribution in [2.75, 3.05) is 18.4 Å². The fraction of sp³-hybridized carbons (Fsp3) is 0.278. The predicted octanol–water partition coefficient (Wildman–Crippen LogP) is 2.57. The van der Waals surface area contributed by atoms with E-state index >= 15 is 0 Å². The van der Waals surface area contributed by atoms with Crippen LogP contribution in [0, 0.1) is 5.82 Å². The first-order valence-corrected chi connectivity index (χ1v) is 7.67. The summed E-state index contributed by atoms with van der Waals surface area (Å²) < 4.78 is 13.0. The molecule has 23 heavy (non-hydrogen) atoms. The number of hydrogen-bond acceptors (Lipinski definition) is 3. The second-order valence-corrected chi connectivity index (χ2v) is 5.75. The number of nitrogens with one attached hydrogen (secondary N) is 1. The number of anilines is 1. The number of hydrogen-bond donors (Lipinski definition) is 2. The summed E-state index contributed by atoms with van der Waals surface area (Å²) in [6.45, 7) is 1.13. The van der Waals surface area contributed by atoms with Gasteiger partial charge in [0.05, 0.1) is 6.10 Å². The molecule has 5 heteroatoms. The first kappa shape index (κ1) is 15.6. The van der Waals surface area contributed by atoms with Crippen molar-refractivity contribution in [1.82, 2.24) is 4.90 Å². The monoisotopic (exact) mass is 314 g/mol. The molecule has 120 valence electrons. The van der Waals surface area contributed by atoms with Gasteiger partial charge in [-0.25, -0.2) is 4.39 Å². The third-order valence-electron chi connectivity index (χ3n) is 4.04. The molecule has 0 bridgehead atoms. The van der Waals surface area contributed by atoms with Gasteiger partial charge in [-0.2, -0.15) is 0 Å². The van der Waals surface area contributed by atoms with Crippen molar-refractivity contribution < 1.29 is 14.3 Å². The van der Waals surface area contributed by atoms with Crippen molar-refractivity contribution in [2.24, 2.45) is 0 Å². The van der Waals surface area contributed by atoms with Crippen LogP contribution in [-0.2, 0) is 4.79 Å². The lowest BCUT2D eigenvalue weighted by molar-refractivity contribution is -0.121. The highest BCUT2D eigenvalue weighted by Gasteiger charge is 2.32. The van der Waals surface area contributed by atoms with Crippen LogP contribution < -0.4 is 5.32 Å². The highest BCUT2D eigenvalue weighted by Crippen LogP contribution is 2.26. The van der Waals surface area contributed by atoms with Crippen molar-refractivity contribution in [2.45, 2.75) is 18.6 Å². The zero-order valence-electron chi connectivity index (χ0n) is 12.7. The number of β-amino-alcohol motifs (C(OH)–C–C–N with tert-alkyl or cyclic N) is 1. The van der Waals surface area contributed by atoms with E-state index in [0.717, 1.165) is 5.56 Å². The van der Waals surface area contributed by atoms with E-state index < -0.39 is 12.1 Å². The molecule has 2 N–H and O–H groups in total. The zero-order chi connectivity index (χ0) is 16.2. The maximum atomic E-state index is 13.0. The van der Waals surface area contributed by atoms with Gasteiger partial charge >= 0.3 is 0 Å². The van der Waals surface area contributed by atoms with Gasteiger partial charge in [0.15, 0.2) is 0 Å². The van der Waals surface area contributed by atoms with Crippen LogP contribution in [0.3, 0.4) is 0 Å². The molecule has 1 heterocycles. The Balaban J connectivity index is 1.82. The normalized spacial score (nSPS) is 19.5. The molecule has 2 atom stereocenters. The first-order chi connectivity index (χ1) is 11.1. The van der Waals surface area contributed by atoms with E-state index in [4.69, 9.17) is 0 Å². The van der Waals surface area contributed by atoms with E-state index in [-0.39, 0.29) is 11.7 Å². The van der Waals surface area contributed by atoms with Gasteiger partial charge in [-0.15, -0.1) is 0 Å². The summed E-state index contributed by atoms with van der Waals surface area (Å²) in [6.07, 6.45) is 0.257. The van der Waals surface area contributed by atoms with Crippen LogP contribution >= 0.6 is 0 Å². The van der Waals surface area contributed by atoms with E-state index in [0.29, 0.717) is 25.2 Å². The Morgan fingerprint density at radius 2 is 1.87 bits per heavy atom. The second kappa shape index (κ2) is 6.89. The number of aliphatic hydroxyl groups excluding tert-OH is 1. The van der Waals surface area contributed by atoms with E-state index in [1.165, 1.54) is 24.3 Å². The summed E-state index contributed by atoms with van der Waals surface area (Å²) in [5, 5.41) is 12.6. The van der Waals surface area contributed by atoms with Gasteiger partial charge in [0, 0.05) is 18.8 Å². The summed E-state index contributed by atoms with van der Waals surface area (Å²) in [5.74, 6) is -0.526. The number of likely N-dealkylation sites (tertiary alicyclic amines) is 1. The van der Waals surface area contributed by atoms with Crippen molar-refractivity contribution in [1.29, 1.82) is 0 Å². The van der Waals surface area contributed by atoms with Gasteiger partial charge in [0.1, 0.15) is 11.9 Å². The summed E-state index contributed by atoms with van der Waals surface area (Å²) in [7, 11) is 0. The molecule has 0 radical (unpaired) electrons. The molecule has 1 aliphatic rings. The first-order valence-electron chi connectivity index (χ1n) is 7.67. The highest BCUT2D eigenvalue weighted by molar-refractivity contribution is 5.95. The molecule has 1 fully saturated rings. The number of carbonyl (C=O) groups excluding carboxylic acids is 1. The average molecular weight is 314 g/mol. The second-order valence-electron chi connectivity index (χ2n) is 5.75. The highest BCUT2D eigenvalue weighted by atomic mass is 19.1. The predicted molar refractivity (Wildman–Crippen MR) is 86.4 cm³/mol. The molecule has 1 amide bonds. The molecular formula is C18H19FN2O2. The molecule has 3 rings (SSSR count). The Bertz CT molecular complexity index is 660. The average Bonchev–Trinajstić information content (AvgIpc) is 2.97. The van der Waals surface area contributed by atoms with Crippen molar-refractivity contribution >= 4 is 11.6 Å². The molecule has 4 nitrogen and oxygen atoms in total. The van der Waals surface area contributed by atoms with Crippen LogP contribution in [0.15, 0.2) is 54.6 Å². The molecule has 0 saturated carbocycles. The fourth-order valence-corrected chi connectivity index (χ4v) is 2.91. The van der Waals surface area contributed by atoms with Gasteiger partial charge < -0.3 is 10.4 Å². The Labute approximate surface area is 134 Å². The van der Waals surface area contributed by atoms with Crippen molar-refractivity contribution in [3.05, 3.63) is 66.0 Å². The Morgan fingerprint density at radius 3 is 2.48 bits per heavy atom. The Kier molecular flexibility index (Phi) is 4.69.